The van der Waals surface area contributed by atoms with Crippen LogP contribution in [0.3, 0.4) is 0 Å². The highest BCUT2D eigenvalue weighted by atomic mass is 35.5. The van der Waals surface area contributed by atoms with Gasteiger partial charge in [0.2, 0.25) is 0 Å². The van der Waals surface area contributed by atoms with Crippen LogP contribution in [0.1, 0.15) is 16.2 Å². The molecule has 6 nitrogen and oxygen atoms in total. The molecule has 0 bridgehead atoms. The molecule has 7 heteroatoms. The Balaban J connectivity index is 1.62. The maximum atomic E-state index is 12.4. The van der Waals surface area contributed by atoms with Crippen molar-refractivity contribution in [1.29, 1.82) is 0 Å². The number of hydrogen-bond donors (Lipinski definition) is 1. The van der Waals surface area contributed by atoms with Crippen molar-refractivity contribution >= 4 is 28.8 Å². The number of benzene rings is 2. The Morgan fingerprint density at radius 3 is 2.65 bits per heavy atom. The molecule has 0 aliphatic rings. The van der Waals surface area contributed by atoms with Gasteiger partial charge in [0.15, 0.2) is 11.5 Å². The van der Waals surface area contributed by atoms with Gasteiger partial charge in [0.25, 0.3) is 5.91 Å². The number of nitrogens with one attached hydrogen (secondary N) is 1. The molecule has 0 unspecified atom stereocenters. The van der Waals surface area contributed by atoms with Gasteiger partial charge in [-0.2, -0.15) is 9.61 Å². The molecule has 0 atom stereocenters. The first kappa shape index (κ1) is 16.2. The predicted molar refractivity (Wildman–Crippen MR) is 100 cm³/mol. The third kappa shape index (κ3) is 3.14. The smallest absolute Gasteiger partial charge is 0.255 e. The van der Waals surface area contributed by atoms with Crippen molar-refractivity contribution in [3.8, 4) is 11.3 Å². The van der Waals surface area contributed by atoms with Crippen LogP contribution in [0.4, 0.5) is 5.69 Å². The van der Waals surface area contributed by atoms with Crippen LogP contribution in [0.2, 0.25) is 5.02 Å². The third-order valence-corrected chi connectivity index (χ3v) is 4.19. The zero-order valence-electron chi connectivity index (χ0n) is 13.8. The topological polar surface area (TPSA) is 72.2 Å². The fourth-order valence-corrected chi connectivity index (χ4v) is 2.74. The molecule has 2 aromatic heterocycles. The fraction of sp³-hybridized carbons (Fsp3) is 0.0526. The lowest BCUT2D eigenvalue weighted by atomic mass is 10.1. The molecule has 1 amide bonds. The van der Waals surface area contributed by atoms with Crippen LogP contribution in [0.5, 0.6) is 0 Å². The van der Waals surface area contributed by atoms with Gasteiger partial charge in [-0.15, -0.1) is 10.2 Å². The van der Waals surface area contributed by atoms with E-state index >= 15 is 0 Å². The molecule has 4 aromatic rings. The molecule has 2 heterocycles. The molecular formula is C19H14ClN5O. The molecule has 26 heavy (non-hydrogen) atoms. The molecule has 0 spiro atoms. The SMILES string of the molecule is Cc1nnc2ccc(-c3cccc(NC(=O)c4ccc(Cl)cc4)c3)nn12. The van der Waals surface area contributed by atoms with E-state index in [0.717, 1.165) is 11.3 Å². The Hall–Kier alpha value is -3.25. The minimum atomic E-state index is -0.197. The zero-order chi connectivity index (χ0) is 18.1. The lowest BCUT2D eigenvalue weighted by Gasteiger charge is -2.08. The van der Waals surface area contributed by atoms with E-state index in [2.05, 4.69) is 20.6 Å². The number of carbonyl (C=O) groups excluding carboxylic acids is 1. The van der Waals surface area contributed by atoms with Crippen LogP contribution >= 0.6 is 11.6 Å². The maximum Gasteiger partial charge on any atom is 0.255 e. The van der Waals surface area contributed by atoms with E-state index in [-0.39, 0.29) is 5.91 Å². The van der Waals surface area contributed by atoms with E-state index in [1.807, 2.05) is 43.3 Å². The lowest BCUT2D eigenvalue weighted by Crippen LogP contribution is -2.11. The summed E-state index contributed by atoms with van der Waals surface area (Å²) in [5.41, 5.74) is 3.57. The normalized spacial score (nSPS) is 10.8. The number of halogens is 1. The first-order valence-electron chi connectivity index (χ1n) is 7.96. The zero-order valence-corrected chi connectivity index (χ0v) is 14.6. The lowest BCUT2D eigenvalue weighted by molar-refractivity contribution is 0.102. The molecule has 1 N–H and O–H groups in total. The monoisotopic (exact) mass is 363 g/mol. The summed E-state index contributed by atoms with van der Waals surface area (Å²) in [5.74, 6) is 0.519. The summed E-state index contributed by atoms with van der Waals surface area (Å²) >= 11 is 5.86. The average Bonchev–Trinajstić information content (AvgIpc) is 3.03. The second-order valence-electron chi connectivity index (χ2n) is 5.78. The maximum absolute atomic E-state index is 12.4. The van der Waals surface area contributed by atoms with Crippen LogP contribution in [0.15, 0.2) is 60.7 Å². The van der Waals surface area contributed by atoms with Gasteiger partial charge >= 0.3 is 0 Å². The number of rotatable bonds is 3. The van der Waals surface area contributed by atoms with Gasteiger partial charge in [0.1, 0.15) is 0 Å². The third-order valence-electron chi connectivity index (χ3n) is 3.94. The Morgan fingerprint density at radius 1 is 1.04 bits per heavy atom. The van der Waals surface area contributed by atoms with E-state index in [9.17, 15) is 4.79 Å². The molecule has 4 rings (SSSR count). The number of amides is 1. The second kappa shape index (κ2) is 6.57. The summed E-state index contributed by atoms with van der Waals surface area (Å²) < 4.78 is 1.69. The van der Waals surface area contributed by atoms with Crippen LogP contribution in [-0.2, 0) is 0 Å². The number of fused-ring (bicyclic) bond motifs is 1. The number of aryl methyl sites for hydroxylation is 1. The van der Waals surface area contributed by atoms with Gasteiger partial charge in [-0.25, -0.2) is 0 Å². The second-order valence-corrected chi connectivity index (χ2v) is 6.21. The summed E-state index contributed by atoms with van der Waals surface area (Å²) in [5, 5.41) is 16.1. The van der Waals surface area contributed by atoms with Crippen molar-refractivity contribution in [1.82, 2.24) is 19.8 Å². The van der Waals surface area contributed by atoms with Gasteiger partial charge < -0.3 is 5.32 Å². The minimum Gasteiger partial charge on any atom is -0.322 e. The summed E-state index contributed by atoms with van der Waals surface area (Å²) in [6, 6.07) is 18.0. The van der Waals surface area contributed by atoms with Gasteiger partial charge in [-0.05, 0) is 55.5 Å². The summed E-state index contributed by atoms with van der Waals surface area (Å²) in [7, 11) is 0. The Kier molecular flexibility index (Phi) is 4.10. The molecule has 0 aliphatic carbocycles. The molecular weight excluding hydrogens is 350 g/mol. The van der Waals surface area contributed by atoms with E-state index in [1.54, 1.807) is 28.8 Å². The van der Waals surface area contributed by atoms with Gasteiger partial charge in [0, 0.05) is 21.8 Å². The van der Waals surface area contributed by atoms with E-state index < -0.39 is 0 Å². The predicted octanol–water partition coefficient (Wildman–Crippen LogP) is 4.01. The molecule has 0 aliphatic heterocycles. The molecule has 0 fully saturated rings. The van der Waals surface area contributed by atoms with Crippen LogP contribution in [0.25, 0.3) is 16.9 Å². The van der Waals surface area contributed by atoms with E-state index in [4.69, 9.17) is 11.6 Å². The number of anilines is 1. The number of nitrogens with zero attached hydrogens (tertiary/aromatic N) is 4. The van der Waals surface area contributed by atoms with Crippen molar-refractivity contribution in [2.24, 2.45) is 0 Å². The molecule has 2 aromatic carbocycles. The highest BCUT2D eigenvalue weighted by molar-refractivity contribution is 6.30. The van der Waals surface area contributed by atoms with Crippen LogP contribution in [0, 0.1) is 6.92 Å². The van der Waals surface area contributed by atoms with Gasteiger partial charge in [-0.3, -0.25) is 4.79 Å². The van der Waals surface area contributed by atoms with E-state index in [1.165, 1.54) is 0 Å². The van der Waals surface area contributed by atoms with Crippen molar-refractivity contribution < 1.29 is 4.79 Å². The fourth-order valence-electron chi connectivity index (χ4n) is 2.61. The minimum absolute atomic E-state index is 0.197. The average molecular weight is 364 g/mol. The highest BCUT2D eigenvalue weighted by Gasteiger charge is 2.09. The summed E-state index contributed by atoms with van der Waals surface area (Å²) in [6.07, 6.45) is 0. The van der Waals surface area contributed by atoms with Crippen molar-refractivity contribution in [3.63, 3.8) is 0 Å². The standard InChI is InChI=1S/C19H14ClN5O/c1-12-22-23-18-10-9-17(24-25(12)18)14-3-2-4-16(11-14)21-19(26)13-5-7-15(20)8-6-13/h2-11H,1H3,(H,21,26). The first-order chi connectivity index (χ1) is 12.6. The van der Waals surface area contributed by atoms with Crippen molar-refractivity contribution in [2.75, 3.05) is 5.32 Å². The number of aromatic nitrogens is 4. The summed E-state index contributed by atoms with van der Waals surface area (Å²) in [4.78, 5) is 12.4. The van der Waals surface area contributed by atoms with Gasteiger partial charge in [0.05, 0.1) is 5.69 Å². The van der Waals surface area contributed by atoms with Crippen molar-refractivity contribution in [3.05, 3.63) is 77.1 Å². The largest absolute Gasteiger partial charge is 0.322 e. The Labute approximate surface area is 154 Å². The molecule has 0 saturated carbocycles. The number of carbonyl (C=O) groups is 1. The van der Waals surface area contributed by atoms with E-state index in [0.29, 0.717) is 27.7 Å². The highest BCUT2D eigenvalue weighted by Crippen LogP contribution is 2.22. The number of hydrogen-bond acceptors (Lipinski definition) is 4. The Morgan fingerprint density at radius 2 is 1.85 bits per heavy atom. The Bertz CT molecular complexity index is 1100. The molecule has 0 radical (unpaired) electrons. The van der Waals surface area contributed by atoms with Gasteiger partial charge in [-0.1, -0.05) is 23.7 Å². The van der Waals surface area contributed by atoms with Crippen molar-refractivity contribution in [2.45, 2.75) is 6.92 Å². The quantitative estimate of drug-likeness (QED) is 0.597. The van der Waals surface area contributed by atoms with Crippen LogP contribution in [-0.4, -0.2) is 25.7 Å². The molecule has 128 valence electrons. The van der Waals surface area contributed by atoms with Crippen LogP contribution < -0.4 is 5.32 Å². The summed E-state index contributed by atoms with van der Waals surface area (Å²) in [6.45, 7) is 1.85. The molecule has 0 saturated heterocycles. The first-order valence-corrected chi connectivity index (χ1v) is 8.34.